The summed E-state index contributed by atoms with van der Waals surface area (Å²) in [5.41, 5.74) is 2.77. The molecule has 4 aliphatic carbocycles. The second-order valence-corrected chi connectivity index (χ2v) is 10.3. The van der Waals surface area contributed by atoms with Gasteiger partial charge in [-0.2, -0.15) is 0 Å². The lowest BCUT2D eigenvalue weighted by Gasteiger charge is -2.59. The van der Waals surface area contributed by atoms with Crippen molar-refractivity contribution in [3.8, 4) is 0 Å². The van der Waals surface area contributed by atoms with Gasteiger partial charge in [-0.25, -0.2) is 0 Å². The lowest BCUT2D eigenvalue weighted by Crippen LogP contribution is -2.56. The number of hydrogen-bond donors (Lipinski definition) is 2. The summed E-state index contributed by atoms with van der Waals surface area (Å²) in [5, 5.41) is 20.1. The molecule has 0 spiro atoms. The summed E-state index contributed by atoms with van der Waals surface area (Å²) < 4.78 is 5.81. The third-order valence-corrected chi connectivity index (χ3v) is 8.90. The monoisotopic (exact) mass is 388 g/mol. The largest absolute Gasteiger partial charge is 0.462 e. The molecule has 4 heteroatoms. The fourth-order valence-electron chi connectivity index (χ4n) is 7.51. The van der Waals surface area contributed by atoms with Crippen LogP contribution < -0.4 is 0 Å². The Morgan fingerprint density at radius 2 is 2.04 bits per heavy atom. The minimum atomic E-state index is -0.417. The fraction of sp³-hybridized carbons (Fsp3) is 0.792. The first-order valence-electron chi connectivity index (χ1n) is 11.1. The van der Waals surface area contributed by atoms with Crippen LogP contribution in [0.2, 0.25) is 0 Å². The lowest BCUT2D eigenvalue weighted by atomic mass is 9.46. The standard InChI is InChI=1S/C24H36O4/c1-14(13-25)19-7-8-20-18-6-5-16-11-17(27)12-22(28-15(2)26)24(16,4)21(18)9-10-23(19,20)3/h5,7,14,17-18,20-22,25,27H,6,8-13H2,1-4H3/t14-,17?,18+,20+,21+,22?,23-,24+/m1/s1. The van der Waals surface area contributed by atoms with Gasteiger partial charge >= 0.3 is 5.97 Å². The Bertz CT molecular complexity index is 709. The first-order chi connectivity index (χ1) is 13.2. The first kappa shape index (κ1) is 20.2. The number of esters is 1. The highest BCUT2D eigenvalue weighted by molar-refractivity contribution is 5.66. The molecule has 2 N–H and O–H groups in total. The van der Waals surface area contributed by atoms with Gasteiger partial charge in [-0.1, -0.05) is 44.1 Å². The zero-order chi connectivity index (χ0) is 20.3. The van der Waals surface area contributed by atoms with E-state index in [0.29, 0.717) is 30.6 Å². The van der Waals surface area contributed by atoms with Crippen LogP contribution in [0.1, 0.15) is 66.2 Å². The molecule has 0 aromatic rings. The highest BCUT2D eigenvalue weighted by Crippen LogP contribution is 2.65. The number of hydrogen-bond acceptors (Lipinski definition) is 4. The summed E-state index contributed by atoms with van der Waals surface area (Å²) in [6.07, 6.45) is 9.78. The van der Waals surface area contributed by atoms with Gasteiger partial charge in [0.05, 0.1) is 6.10 Å². The fourth-order valence-corrected chi connectivity index (χ4v) is 7.51. The number of carbonyl (C=O) groups excluding carboxylic acids is 1. The van der Waals surface area contributed by atoms with E-state index in [4.69, 9.17) is 4.74 Å². The maximum absolute atomic E-state index is 11.8. The molecular formula is C24H36O4. The third kappa shape index (κ3) is 2.82. The average Bonchev–Trinajstić information content (AvgIpc) is 2.99. The van der Waals surface area contributed by atoms with Crippen molar-refractivity contribution in [2.45, 2.75) is 78.4 Å². The summed E-state index contributed by atoms with van der Waals surface area (Å²) in [5.74, 6) is 1.63. The number of allylic oxidation sites excluding steroid dienone is 2. The zero-order valence-corrected chi connectivity index (χ0v) is 17.8. The van der Waals surface area contributed by atoms with Crippen LogP contribution in [0, 0.1) is 34.5 Å². The average molecular weight is 389 g/mol. The van der Waals surface area contributed by atoms with Gasteiger partial charge in [-0.3, -0.25) is 4.79 Å². The van der Waals surface area contributed by atoms with Crippen molar-refractivity contribution >= 4 is 5.97 Å². The van der Waals surface area contributed by atoms with E-state index in [1.165, 1.54) is 18.1 Å². The van der Waals surface area contributed by atoms with Crippen molar-refractivity contribution in [3.63, 3.8) is 0 Å². The van der Waals surface area contributed by atoms with E-state index in [1.807, 2.05) is 0 Å². The van der Waals surface area contributed by atoms with E-state index in [-0.39, 0.29) is 35.4 Å². The lowest BCUT2D eigenvalue weighted by molar-refractivity contribution is -0.165. The van der Waals surface area contributed by atoms with Crippen LogP contribution in [0.5, 0.6) is 0 Å². The van der Waals surface area contributed by atoms with Crippen molar-refractivity contribution in [3.05, 3.63) is 23.3 Å². The number of ether oxygens (including phenoxy) is 1. The van der Waals surface area contributed by atoms with Crippen LogP contribution >= 0.6 is 0 Å². The Morgan fingerprint density at radius 3 is 2.71 bits per heavy atom. The second-order valence-electron chi connectivity index (χ2n) is 10.3. The Morgan fingerprint density at radius 1 is 1.29 bits per heavy atom. The molecule has 0 aromatic heterocycles. The summed E-state index contributed by atoms with van der Waals surface area (Å²) in [6, 6.07) is 0. The van der Waals surface area contributed by atoms with Crippen molar-refractivity contribution in [1.82, 2.24) is 0 Å². The highest BCUT2D eigenvalue weighted by Gasteiger charge is 2.60. The van der Waals surface area contributed by atoms with Gasteiger partial charge < -0.3 is 14.9 Å². The van der Waals surface area contributed by atoms with Crippen molar-refractivity contribution in [2.24, 2.45) is 34.5 Å². The highest BCUT2D eigenvalue weighted by atomic mass is 16.5. The molecule has 4 nitrogen and oxygen atoms in total. The van der Waals surface area contributed by atoms with Gasteiger partial charge in [0.2, 0.25) is 0 Å². The predicted molar refractivity (Wildman–Crippen MR) is 108 cm³/mol. The number of aliphatic hydroxyl groups is 2. The van der Waals surface area contributed by atoms with Crippen molar-refractivity contribution < 1.29 is 19.7 Å². The molecule has 0 bridgehead atoms. The molecule has 2 fully saturated rings. The molecule has 8 atom stereocenters. The summed E-state index contributed by atoms with van der Waals surface area (Å²) in [4.78, 5) is 11.8. The molecule has 0 radical (unpaired) electrons. The van der Waals surface area contributed by atoms with Crippen LogP contribution in [-0.4, -0.2) is 35.0 Å². The van der Waals surface area contributed by atoms with E-state index >= 15 is 0 Å². The molecule has 4 rings (SSSR count). The second kappa shape index (κ2) is 6.98. The molecule has 4 aliphatic rings. The molecule has 156 valence electrons. The van der Waals surface area contributed by atoms with Crippen molar-refractivity contribution in [1.29, 1.82) is 0 Å². The Kier molecular flexibility index (Phi) is 5.03. The van der Waals surface area contributed by atoms with E-state index in [0.717, 1.165) is 25.7 Å². The Labute approximate surface area is 169 Å². The smallest absolute Gasteiger partial charge is 0.302 e. The van der Waals surface area contributed by atoms with Crippen LogP contribution in [0.25, 0.3) is 0 Å². The van der Waals surface area contributed by atoms with E-state index in [9.17, 15) is 15.0 Å². The summed E-state index contributed by atoms with van der Waals surface area (Å²) in [6.45, 7) is 8.54. The number of fused-ring (bicyclic) bond motifs is 5. The van der Waals surface area contributed by atoms with Crippen LogP contribution in [0.4, 0.5) is 0 Å². The maximum Gasteiger partial charge on any atom is 0.302 e. The van der Waals surface area contributed by atoms with Gasteiger partial charge in [-0.15, -0.1) is 0 Å². The number of aliphatic hydroxyl groups excluding tert-OH is 2. The molecule has 0 aromatic carbocycles. The van der Waals surface area contributed by atoms with Crippen LogP contribution in [-0.2, 0) is 9.53 Å². The molecule has 0 amide bonds. The van der Waals surface area contributed by atoms with Crippen molar-refractivity contribution in [2.75, 3.05) is 6.61 Å². The van der Waals surface area contributed by atoms with Gasteiger partial charge in [0, 0.05) is 31.3 Å². The van der Waals surface area contributed by atoms with Crippen LogP contribution in [0.15, 0.2) is 23.3 Å². The molecule has 2 unspecified atom stereocenters. The molecule has 28 heavy (non-hydrogen) atoms. The van der Waals surface area contributed by atoms with Gasteiger partial charge in [-0.05, 0) is 55.3 Å². The predicted octanol–water partition coefficient (Wildman–Crippen LogP) is 4.02. The normalized spacial score (nSPS) is 45.9. The minimum Gasteiger partial charge on any atom is -0.462 e. The zero-order valence-electron chi connectivity index (χ0n) is 17.8. The molecule has 0 aliphatic heterocycles. The first-order valence-corrected chi connectivity index (χ1v) is 11.1. The minimum absolute atomic E-state index is 0.166. The Hall–Kier alpha value is -1.13. The number of rotatable bonds is 3. The van der Waals surface area contributed by atoms with E-state index < -0.39 is 6.10 Å². The maximum atomic E-state index is 11.8. The van der Waals surface area contributed by atoms with Gasteiger partial charge in [0.15, 0.2) is 0 Å². The third-order valence-electron chi connectivity index (χ3n) is 8.90. The topological polar surface area (TPSA) is 66.8 Å². The van der Waals surface area contributed by atoms with Gasteiger partial charge in [0.1, 0.15) is 6.10 Å². The molecule has 0 saturated heterocycles. The molecule has 2 saturated carbocycles. The van der Waals surface area contributed by atoms with E-state index in [2.05, 4.69) is 32.9 Å². The van der Waals surface area contributed by atoms with Gasteiger partial charge in [0.25, 0.3) is 0 Å². The summed E-state index contributed by atoms with van der Waals surface area (Å²) in [7, 11) is 0. The summed E-state index contributed by atoms with van der Waals surface area (Å²) >= 11 is 0. The molecule has 0 heterocycles. The van der Waals surface area contributed by atoms with Crippen LogP contribution in [0.3, 0.4) is 0 Å². The molecular weight excluding hydrogens is 352 g/mol. The quantitative estimate of drug-likeness (QED) is 0.566. The Balaban J connectivity index is 1.68. The SMILES string of the molecule is CC(=O)OC1CC(O)CC2=CC[C@H]3[C@@H]4CC=C([C@H](C)CO)[C@@]4(C)CC[C@@H]3[C@]21C. The van der Waals surface area contributed by atoms with E-state index in [1.54, 1.807) is 0 Å². The number of carbonyl (C=O) groups is 1.